The molecule has 0 atom stereocenters. The highest BCUT2D eigenvalue weighted by molar-refractivity contribution is 6.33. The monoisotopic (exact) mass is 296 g/mol. The summed E-state index contributed by atoms with van der Waals surface area (Å²) < 4.78 is 5.42. The molecular weight excluding hydrogens is 276 g/mol. The largest absolute Gasteiger partial charge is 0.444 e. The van der Waals surface area contributed by atoms with Crippen molar-refractivity contribution in [2.75, 3.05) is 18.8 Å². The third-order valence-electron chi connectivity index (χ3n) is 3.34. The Balaban J connectivity index is 2.12. The zero-order valence-electron chi connectivity index (χ0n) is 12.2. The van der Waals surface area contributed by atoms with Crippen LogP contribution >= 0.6 is 11.6 Å². The highest BCUT2D eigenvalue weighted by Crippen LogP contribution is 2.29. The molecule has 4 nitrogen and oxygen atoms in total. The topological polar surface area (TPSA) is 55.6 Å². The fourth-order valence-corrected chi connectivity index (χ4v) is 2.51. The molecule has 2 rings (SSSR count). The number of ether oxygens (including phenoxy) is 1. The van der Waals surface area contributed by atoms with E-state index in [0.717, 1.165) is 17.5 Å². The van der Waals surface area contributed by atoms with Gasteiger partial charge in [0.2, 0.25) is 0 Å². The minimum Gasteiger partial charge on any atom is -0.444 e. The molecule has 0 saturated carbocycles. The molecule has 1 aromatic carbocycles. The van der Waals surface area contributed by atoms with Gasteiger partial charge in [-0.25, -0.2) is 4.79 Å². The quantitative estimate of drug-likeness (QED) is 0.748. The number of hydrogen-bond acceptors (Lipinski definition) is 3. The SMILES string of the molecule is CC(C)(C)OC(=O)N1CCc2ccc(Cl)c(N)c2CC1. The van der Waals surface area contributed by atoms with Gasteiger partial charge in [0, 0.05) is 13.1 Å². The Morgan fingerprint density at radius 3 is 2.60 bits per heavy atom. The molecule has 0 radical (unpaired) electrons. The predicted octanol–water partition coefficient (Wildman–Crippen LogP) is 3.26. The van der Waals surface area contributed by atoms with E-state index >= 15 is 0 Å². The molecule has 5 heteroatoms. The van der Waals surface area contributed by atoms with Crippen LogP contribution in [0.2, 0.25) is 5.02 Å². The van der Waals surface area contributed by atoms with Crippen LogP contribution in [0, 0.1) is 0 Å². The van der Waals surface area contributed by atoms with E-state index in [9.17, 15) is 4.79 Å². The maximum absolute atomic E-state index is 12.1. The number of fused-ring (bicyclic) bond motifs is 1. The molecule has 0 bridgehead atoms. The number of rotatable bonds is 0. The lowest BCUT2D eigenvalue weighted by molar-refractivity contribution is 0.0258. The van der Waals surface area contributed by atoms with Gasteiger partial charge in [0.05, 0.1) is 10.7 Å². The second kappa shape index (κ2) is 5.52. The summed E-state index contributed by atoms with van der Waals surface area (Å²) in [7, 11) is 0. The van der Waals surface area contributed by atoms with Crippen LogP contribution in [0.15, 0.2) is 12.1 Å². The predicted molar refractivity (Wildman–Crippen MR) is 81.1 cm³/mol. The molecular formula is C15H21ClN2O2. The molecule has 0 spiro atoms. The number of amides is 1. The summed E-state index contributed by atoms with van der Waals surface area (Å²) in [4.78, 5) is 13.9. The maximum atomic E-state index is 12.1. The molecule has 0 fully saturated rings. The van der Waals surface area contributed by atoms with Crippen LogP contribution < -0.4 is 5.73 Å². The fourth-order valence-electron chi connectivity index (χ4n) is 2.33. The molecule has 110 valence electrons. The number of carbonyl (C=O) groups is 1. The van der Waals surface area contributed by atoms with Gasteiger partial charge in [0.15, 0.2) is 0 Å². The molecule has 1 amide bonds. The normalized spacial score (nSPS) is 15.5. The lowest BCUT2D eigenvalue weighted by Gasteiger charge is -2.26. The first kappa shape index (κ1) is 15.0. The van der Waals surface area contributed by atoms with Crippen LogP contribution in [0.3, 0.4) is 0 Å². The highest BCUT2D eigenvalue weighted by atomic mass is 35.5. The average Bonchev–Trinajstić information content (AvgIpc) is 2.54. The van der Waals surface area contributed by atoms with Gasteiger partial charge in [-0.2, -0.15) is 0 Å². The number of nitrogens with two attached hydrogens (primary N) is 1. The number of nitrogens with zero attached hydrogens (tertiary/aromatic N) is 1. The van der Waals surface area contributed by atoms with Gasteiger partial charge in [-0.15, -0.1) is 0 Å². The minimum atomic E-state index is -0.474. The summed E-state index contributed by atoms with van der Waals surface area (Å²) in [5.74, 6) is 0. The van der Waals surface area contributed by atoms with Crippen molar-refractivity contribution in [2.45, 2.75) is 39.2 Å². The summed E-state index contributed by atoms with van der Waals surface area (Å²) in [5.41, 5.74) is 8.41. The number of halogens is 1. The second-order valence-electron chi connectivity index (χ2n) is 6.07. The van der Waals surface area contributed by atoms with Crippen molar-refractivity contribution in [1.82, 2.24) is 4.90 Å². The van der Waals surface area contributed by atoms with E-state index < -0.39 is 5.60 Å². The second-order valence-corrected chi connectivity index (χ2v) is 6.47. The molecule has 2 N–H and O–H groups in total. The van der Waals surface area contributed by atoms with Crippen molar-refractivity contribution >= 4 is 23.4 Å². The maximum Gasteiger partial charge on any atom is 0.410 e. The highest BCUT2D eigenvalue weighted by Gasteiger charge is 2.25. The molecule has 1 aromatic rings. The van der Waals surface area contributed by atoms with Gasteiger partial charge in [-0.3, -0.25) is 0 Å². The van der Waals surface area contributed by atoms with E-state index in [0.29, 0.717) is 30.2 Å². The van der Waals surface area contributed by atoms with Crippen molar-refractivity contribution < 1.29 is 9.53 Å². The lowest BCUT2D eigenvalue weighted by Crippen LogP contribution is -2.38. The Kier molecular flexibility index (Phi) is 4.14. The Morgan fingerprint density at radius 1 is 1.30 bits per heavy atom. The first-order valence-electron chi connectivity index (χ1n) is 6.81. The number of nitrogen functional groups attached to an aromatic ring is 1. The first-order valence-corrected chi connectivity index (χ1v) is 7.19. The van der Waals surface area contributed by atoms with Crippen molar-refractivity contribution in [3.05, 3.63) is 28.3 Å². The summed E-state index contributed by atoms with van der Waals surface area (Å²) in [5, 5.41) is 0.578. The van der Waals surface area contributed by atoms with Crippen molar-refractivity contribution in [3.63, 3.8) is 0 Å². The standard InChI is InChI=1S/C15H21ClN2O2/c1-15(2,3)20-14(19)18-8-6-10-4-5-12(16)13(17)11(10)7-9-18/h4-5H,6-9,17H2,1-3H3. The summed E-state index contributed by atoms with van der Waals surface area (Å²) in [6.07, 6.45) is 1.21. The van der Waals surface area contributed by atoms with E-state index in [1.807, 2.05) is 32.9 Å². The molecule has 0 saturated heterocycles. The lowest BCUT2D eigenvalue weighted by atomic mass is 10.0. The van der Waals surface area contributed by atoms with Crippen LogP contribution in [0.5, 0.6) is 0 Å². The first-order chi connectivity index (χ1) is 9.28. The molecule has 20 heavy (non-hydrogen) atoms. The number of anilines is 1. The third kappa shape index (κ3) is 3.37. The molecule has 0 unspecified atom stereocenters. The number of hydrogen-bond donors (Lipinski definition) is 1. The van der Waals surface area contributed by atoms with Gasteiger partial charge in [0.1, 0.15) is 5.60 Å². The van der Waals surface area contributed by atoms with Crippen LogP contribution in [-0.4, -0.2) is 29.7 Å². The van der Waals surface area contributed by atoms with Crippen LogP contribution in [0.4, 0.5) is 10.5 Å². The summed E-state index contributed by atoms with van der Waals surface area (Å²) in [6.45, 7) is 6.86. The van der Waals surface area contributed by atoms with Gasteiger partial charge >= 0.3 is 6.09 Å². The smallest absolute Gasteiger partial charge is 0.410 e. The molecule has 1 aliphatic rings. The third-order valence-corrected chi connectivity index (χ3v) is 3.66. The van der Waals surface area contributed by atoms with Gasteiger partial charge in [0.25, 0.3) is 0 Å². The zero-order valence-corrected chi connectivity index (χ0v) is 13.0. The van der Waals surface area contributed by atoms with Crippen molar-refractivity contribution in [1.29, 1.82) is 0 Å². The molecule has 1 aliphatic heterocycles. The Hall–Kier alpha value is -1.42. The number of carbonyl (C=O) groups excluding carboxylic acids is 1. The zero-order chi connectivity index (χ0) is 14.9. The van der Waals surface area contributed by atoms with Gasteiger partial charge < -0.3 is 15.4 Å². The van der Waals surface area contributed by atoms with Crippen LogP contribution in [0.1, 0.15) is 31.9 Å². The average molecular weight is 297 g/mol. The van der Waals surface area contributed by atoms with Gasteiger partial charge in [-0.05, 0) is 50.8 Å². The van der Waals surface area contributed by atoms with E-state index in [4.69, 9.17) is 22.1 Å². The fraction of sp³-hybridized carbons (Fsp3) is 0.533. The van der Waals surface area contributed by atoms with E-state index in [1.54, 1.807) is 4.90 Å². The summed E-state index contributed by atoms with van der Waals surface area (Å²) in [6, 6.07) is 3.81. The molecule has 1 heterocycles. The Morgan fingerprint density at radius 2 is 1.95 bits per heavy atom. The summed E-state index contributed by atoms with van der Waals surface area (Å²) >= 11 is 6.05. The van der Waals surface area contributed by atoms with Crippen LogP contribution in [-0.2, 0) is 17.6 Å². The van der Waals surface area contributed by atoms with Crippen LogP contribution in [0.25, 0.3) is 0 Å². The van der Waals surface area contributed by atoms with E-state index in [1.165, 1.54) is 0 Å². The Bertz CT molecular complexity index is 523. The van der Waals surface area contributed by atoms with Crippen molar-refractivity contribution in [2.24, 2.45) is 0 Å². The number of benzene rings is 1. The minimum absolute atomic E-state index is 0.269. The Labute approximate surface area is 124 Å². The molecule has 0 aliphatic carbocycles. The van der Waals surface area contributed by atoms with E-state index in [-0.39, 0.29) is 6.09 Å². The molecule has 0 aromatic heterocycles. The van der Waals surface area contributed by atoms with Gasteiger partial charge in [-0.1, -0.05) is 17.7 Å². The van der Waals surface area contributed by atoms with E-state index in [2.05, 4.69) is 0 Å². The van der Waals surface area contributed by atoms with Crippen molar-refractivity contribution in [3.8, 4) is 0 Å².